The molecule has 19 heavy (non-hydrogen) atoms. The molecule has 0 heterocycles. The van der Waals surface area contributed by atoms with E-state index in [2.05, 4.69) is 6.58 Å². The molecular weight excluding hydrogens is 245 g/mol. The molecule has 4 heteroatoms. The molecule has 3 nitrogen and oxygen atoms in total. The van der Waals surface area contributed by atoms with Crippen molar-refractivity contribution in [2.24, 2.45) is 0 Å². The van der Waals surface area contributed by atoms with E-state index in [-0.39, 0.29) is 18.3 Å². The van der Waals surface area contributed by atoms with E-state index in [1.165, 1.54) is 12.1 Å². The molecule has 0 amide bonds. The minimum Gasteiger partial charge on any atom is -0.465 e. The summed E-state index contributed by atoms with van der Waals surface area (Å²) in [5.41, 5.74) is 1.87. The maximum absolute atomic E-state index is 13.2. The van der Waals surface area contributed by atoms with Crippen LogP contribution >= 0.6 is 0 Å². The Hall–Kier alpha value is -1.68. The van der Waals surface area contributed by atoms with E-state index < -0.39 is 0 Å². The molecule has 0 aromatic heterocycles. The summed E-state index contributed by atoms with van der Waals surface area (Å²) in [6, 6.07) is 4.67. The summed E-state index contributed by atoms with van der Waals surface area (Å²) in [5.74, 6) is -0.548. The van der Waals surface area contributed by atoms with Crippen LogP contribution in [-0.4, -0.2) is 30.6 Å². The monoisotopic (exact) mass is 265 g/mol. The minimum atomic E-state index is -0.279. The highest BCUT2D eigenvalue weighted by Crippen LogP contribution is 2.13. The number of aryl methyl sites for hydroxylation is 1. The Bertz CT molecular complexity index is 446. The first-order valence-electron chi connectivity index (χ1n) is 6.30. The van der Waals surface area contributed by atoms with Gasteiger partial charge in [-0.1, -0.05) is 12.1 Å². The lowest BCUT2D eigenvalue weighted by molar-refractivity contribution is -0.144. The summed E-state index contributed by atoms with van der Waals surface area (Å²) in [4.78, 5) is 13.4. The van der Waals surface area contributed by atoms with Crippen molar-refractivity contribution in [1.82, 2.24) is 4.90 Å². The number of benzene rings is 1. The molecule has 1 aromatic carbocycles. The van der Waals surface area contributed by atoms with Crippen LogP contribution in [0.5, 0.6) is 0 Å². The van der Waals surface area contributed by atoms with Crippen LogP contribution in [0, 0.1) is 12.7 Å². The second-order valence-corrected chi connectivity index (χ2v) is 4.33. The number of halogens is 1. The Balaban J connectivity index is 2.74. The number of hydrogen-bond donors (Lipinski definition) is 0. The first-order chi connectivity index (χ1) is 9.06. The van der Waals surface area contributed by atoms with Gasteiger partial charge < -0.3 is 4.74 Å². The average Bonchev–Trinajstić information content (AvgIpc) is 2.34. The fourth-order valence-electron chi connectivity index (χ4n) is 1.81. The summed E-state index contributed by atoms with van der Waals surface area (Å²) in [5, 5.41) is 0. The van der Waals surface area contributed by atoms with Crippen LogP contribution in [0.15, 0.2) is 30.9 Å². The zero-order chi connectivity index (χ0) is 14.3. The molecular formula is C15H20FNO2. The van der Waals surface area contributed by atoms with Gasteiger partial charge in [0.15, 0.2) is 0 Å². The largest absolute Gasteiger partial charge is 0.465 e. The van der Waals surface area contributed by atoms with Gasteiger partial charge in [-0.25, -0.2) is 4.39 Å². The van der Waals surface area contributed by atoms with Crippen molar-refractivity contribution in [1.29, 1.82) is 0 Å². The number of hydrogen-bond acceptors (Lipinski definition) is 3. The van der Waals surface area contributed by atoms with E-state index in [9.17, 15) is 9.18 Å². The minimum absolute atomic E-state index is 0.176. The van der Waals surface area contributed by atoms with Crippen LogP contribution in [0.2, 0.25) is 0 Å². The molecule has 0 radical (unpaired) electrons. The van der Waals surface area contributed by atoms with Crippen molar-refractivity contribution in [3.05, 3.63) is 47.8 Å². The van der Waals surface area contributed by atoms with E-state index >= 15 is 0 Å². The van der Waals surface area contributed by atoms with E-state index in [1.807, 2.05) is 11.8 Å². The Labute approximate surface area is 113 Å². The molecule has 0 unspecified atom stereocenters. The van der Waals surface area contributed by atoms with Crippen LogP contribution in [0.1, 0.15) is 18.1 Å². The first kappa shape index (κ1) is 15.4. The molecule has 0 fully saturated rings. The van der Waals surface area contributed by atoms with Crippen molar-refractivity contribution < 1.29 is 13.9 Å². The number of carbonyl (C=O) groups is 1. The molecule has 1 rings (SSSR count). The first-order valence-corrected chi connectivity index (χ1v) is 6.30. The van der Waals surface area contributed by atoms with Crippen LogP contribution in [-0.2, 0) is 16.1 Å². The summed E-state index contributed by atoms with van der Waals surface area (Å²) in [6.45, 7) is 8.94. The van der Waals surface area contributed by atoms with Crippen LogP contribution in [0.25, 0.3) is 0 Å². The van der Waals surface area contributed by atoms with Gasteiger partial charge in [0.25, 0.3) is 0 Å². The van der Waals surface area contributed by atoms with Crippen LogP contribution in [0.4, 0.5) is 4.39 Å². The fourth-order valence-corrected chi connectivity index (χ4v) is 1.81. The quantitative estimate of drug-likeness (QED) is 0.561. The zero-order valence-corrected chi connectivity index (χ0v) is 11.5. The highest BCUT2D eigenvalue weighted by Gasteiger charge is 2.12. The Morgan fingerprint density at radius 2 is 2.26 bits per heavy atom. The molecule has 0 bridgehead atoms. The molecule has 0 spiro atoms. The molecule has 1 aromatic rings. The van der Waals surface area contributed by atoms with Gasteiger partial charge >= 0.3 is 5.97 Å². The molecule has 0 N–H and O–H groups in total. The van der Waals surface area contributed by atoms with Crippen LogP contribution < -0.4 is 0 Å². The van der Waals surface area contributed by atoms with Gasteiger partial charge in [0.05, 0.1) is 13.2 Å². The Morgan fingerprint density at radius 1 is 1.53 bits per heavy atom. The second-order valence-electron chi connectivity index (χ2n) is 4.33. The van der Waals surface area contributed by atoms with Gasteiger partial charge in [-0.15, -0.1) is 6.58 Å². The summed E-state index contributed by atoms with van der Waals surface area (Å²) < 4.78 is 18.2. The Morgan fingerprint density at radius 3 is 2.89 bits per heavy atom. The third-order valence-corrected chi connectivity index (χ3v) is 2.75. The Kier molecular flexibility index (Phi) is 6.22. The number of esters is 1. The molecule has 0 atom stereocenters. The highest BCUT2D eigenvalue weighted by atomic mass is 19.1. The number of carbonyl (C=O) groups excluding carboxylic acids is 1. The number of nitrogens with zero attached hydrogens (tertiary/aromatic N) is 1. The summed E-state index contributed by atoms with van der Waals surface area (Å²) >= 11 is 0. The third kappa shape index (κ3) is 5.22. The molecule has 0 aliphatic rings. The highest BCUT2D eigenvalue weighted by molar-refractivity contribution is 5.71. The van der Waals surface area contributed by atoms with E-state index in [4.69, 9.17) is 4.74 Å². The maximum atomic E-state index is 13.2. The molecule has 0 saturated heterocycles. The lowest BCUT2D eigenvalue weighted by Crippen LogP contribution is -2.31. The number of rotatable bonds is 7. The normalized spacial score (nSPS) is 10.5. The lowest BCUT2D eigenvalue weighted by atomic mass is 10.1. The van der Waals surface area contributed by atoms with E-state index in [0.29, 0.717) is 19.7 Å². The fraction of sp³-hybridized carbons (Fsp3) is 0.400. The van der Waals surface area contributed by atoms with E-state index in [0.717, 1.165) is 11.1 Å². The standard InChI is InChI=1S/C15H20FNO2/c1-4-8-17(11-15(18)19-5-2)10-13-9-14(16)7-6-12(13)3/h4,6-7,9H,1,5,8,10-11H2,2-3H3. The van der Waals surface area contributed by atoms with Crippen molar-refractivity contribution in [2.75, 3.05) is 19.7 Å². The van der Waals surface area contributed by atoms with Crippen LogP contribution in [0.3, 0.4) is 0 Å². The second kappa shape index (κ2) is 7.69. The van der Waals surface area contributed by atoms with Crippen molar-refractivity contribution >= 4 is 5.97 Å². The van der Waals surface area contributed by atoms with Gasteiger partial charge in [-0.2, -0.15) is 0 Å². The molecule has 0 aliphatic carbocycles. The third-order valence-electron chi connectivity index (χ3n) is 2.75. The van der Waals surface area contributed by atoms with Crippen molar-refractivity contribution in [3.8, 4) is 0 Å². The topological polar surface area (TPSA) is 29.5 Å². The van der Waals surface area contributed by atoms with Gasteiger partial charge in [0, 0.05) is 13.1 Å². The average molecular weight is 265 g/mol. The van der Waals surface area contributed by atoms with E-state index in [1.54, 1.807) is 19.1 Å². The zero-order valence-electron chi connectivity index (χ0n) is 11.5. The van der Waals surface area contributed by atoms with Crippen molar-refractivity contribution in [3.63, 3.8) is 0 Å². The molecule has 0 aliphatic heterocycles. The lowest BCUT2D eigenvalue weighted by Gasteiger charge is -2.20. The van der Waals surface area contributed by atoms with Gasteiger partial charge in [-0.05, 0) is 37.1 Å². The molecule has 104 valence electrons. The smallest absolute Gasteiger partial charge is 0.320 e. The summed E-state index contributed by atoms with van der Waals surface area (Å²) in [6.07, 6.45) is 1.72. The SMILES string of the molecule is C=CCN(CC(=O)OCC)Cc1cc(F)ccc1C. The van der Waals surface area contributed by atoms with Gasteiger partial charge in [0.2, 0.25) is 0 Å². The predicted octanol–water partition coefficient (Wildman–Crippen LogP) is 2.69. The van der Waals surface area contributed by atoms with Gasteiger partial charge in [0.1, 0.15) is 5.82 Å². The predicted molar refractivity (Wildman–Crippen MR) is 73.2 cm³/mol. The maximum Gasteiger partial charge on any atom is 0.320 e. The van der Waals surface area contributed by atoms with Crippen molar-refractivity contribution in [2.45, 2.75) is 20.4 Å². The molecule has 0 saturated carbocycles. The number of ether oxygens (including phenoxy) is 1. The summed E-state index contributed by atoms with van der Waals surface area (Å²) in [7, 11) is 0. The van der Waals surface area contributed by atoms with Gasteiger partial charge in [-0.3, -0.25) is 9.69 Å².